The van der Waals surface area contributed by atoms with Crippen molar-refractivity contribution in [3.63, 3.8) is 0 Å². The Morgan fingerprint density at radius 2 is 1.97 bits per heavy atom. The fourth-order valence-electron chi connectivity index (χ4n) is 4.41. The van der Waals surface area contributed by atoms with E-state index >= 15 is 0 Å². The molecule has 2 aromatic carbocycles. The first-order valence-electron chi connectivity index (χ1n) is 10.5. The van der Waals surface area contributed by atoms with Gasteiger partial charge in [0.2, 0.25) is 5.43 Å². The molecule has 5 rings (SSSR count). The Bertz CT molecular complexity index is 1270. The molecule has 1 fully saturated rings. The number of piperidine rings is 1. The van der Waals surface area contributed by atoms with E-state index in [1.54, 1.807) is 12.1 Å². The Hall–Kier alpha value is -2.70. The first-order chi connectivity index (χ1) is 14.5. The van der Waals surface area contributed by atoms with Gasteiger partial charge in [0, 0.05) is 0 Å². The molecule has 1 saturated heterocycles. The number of para-hydroxylation sites is 1. The van der Waals surface area contributed by atoms with Crippen LogP contribution in [0, 0.1) is 12.8 Å². The number of nitrogens with zero attached hydrogens (tertiary/aromatic N) is 1. The lowest BCUT2D eigenvalue weighted by Crippen LogP contribution is -3.11. The molecule has 2 N–H and O–H groups in total. The number of phenolic OH excluding ortho intramolecular Hbond substituents is 1. The smallest absolute Gasteiger partial charge is 0.203 e. The van der Waals surface area contributed by atoms with E-state index in [9.17, 15) is 9.90 Å². The predicted octanol–water partition coefficient (Wildman–Crippen LogP) is 3.90. The van der Waals surface area contributed by atoms with Crippen molar-refractivity contribution in [3.8, 4) is 16.3 Å². The number of rotatable bonds is 3. The van der Waals surface area contributed by atoms with Gasteiger partial charge in [-0.2, -0.15) is 0 Å². The van der Waals surface area contributed by atoms with Crippen LogP contribution in [0.15, 0.2) is 45.6 Å². The zero-order valence-electron chi connectivity index (χ0n) is 17.2. The molecule has 0 amide bonds. The van der Waals surface area contributed by atoms with Gasteiger partial charge >= 0.3 is 0 Å². The van der Waals surface area contributed by atoms with Crippen LogP contribution >= 0.6 is 11.3 Å². The van der Waals surface area contributed by atoms with Crippen molar-refractivity contribution < 1.29 is 14.4 Å². The molecule has 0 saturated carbocycles. The average molecular weight is 422 g/mol. The highest BCUT2D eigenvalue weighted by Crippen LogP contribution is 2.33. The van der Waals surface area contributed by atoms with Crippen LogP contribution in [0.2, 0.25) is 0 Å². The van der Waals surface area contributed by atoms with Gasteiger partial charge in [-0.3, -0.25) is 4.79 Å². The van der Waals surface area contributed by atoms with E-state index in [1.165, 1.54) is 29.1 Å². The van der Waals surface area contributed by atoms with Gasteiger partial charge in [0.25, 0.3) is 0 Å². The predicted molar refractivity (Wildman–Crippen MR) is 120 cm³/mol. The number of quaternary nitrogens is 1. The monoisotopic (exact) mass is 421 g/mol. The second kappa shape index (κ2) is 7.52. The Kier molecular flexibility index (Phi) is 4.83. The second-order valence-corrected chi connectivity index (χ2v) is 9.43. The standard InChI is InChI=1S/C24H24N2O3S/c1-14-9-11-26(12-10-14)13-17-19(27)8-7-16-22(28)21(15(2)29-23(16)17)24-25-18-5-3-4-6-20(18)30-24/h3-8,14,27H,9-13H2,1-2H3/p+1. The van der Waals surface area contributed by atoms with Crippen LogP contribution in [0.25, 0.3) is 31.8 Å². The van der Waals surface area contributed by atoms with E-state index in [4.69, 9.17) is 4.42 Å². The third-order valence-corrected chi connectivity index (χ3v) is 7.28. The summed E-state index contributed by atoms with van der Waals surface area (Å²) in [6.07, 6.45) is 2.37. The number of thiazole rings is 1. The molecule has 0 radical (unpaired) electrons. The van der Waals surface area contributed by atoms with Crippen LogP contribution in [0.3, 0.4) is 0 Å². The van der Waals surface area contributed by atoms with Crippen LogP contribution in [0.4, 0.5) is 0 Å². The Labute approximate surface area is 178 Å². The highest BCUT2D eigenvalue weighted by atomic mass is 32.1. The SMILES string of the molecule is Cc1oc2c(C[NH+]3CCC(C)CC3)c(O)ccc2c(=O)c1-c1nc2ccccc2s1. The fourth-order valence-corrected chi connectivity index (χ4v) is 5.46. The van der Waals surface area contributed by atoms with Gasteiger partial charge in [-0.15, -0.1) is 11.3 Å². The van der Waals surface area contributed by atoms with Crippen LogP contribution < -0.4 is 10.3 Å². The summed E-state index contributed by atoms with van der Waals surface area (Å²) in [5.74, 6) is 1.50. The van der Waals surface area contributed by atoms with Crippen molar-refractivity contribution in [1.29, 1.82) is 0 Å². The second-order valence-electron chi connectivity index (χ2n) is 8.40. The van der Waals surface area contributed by atoms with Crippen LogP contribution in [-0.4, -0.2) is 23.2 Å². The number of nitrogens with one attached hydrogen (secondary N) is 1. The van der Waals surface area contributed by atoms with Crippen molar-refractivity contribution in [3.05, 3.63) is 57.9 Å². The number of fused-ring (bicyclic) bond motifs is 2. The van der Waals surface area contributed by atoms with E-state index in [2.05, 4.69) is 11.9 Å². The molecule has 154 valence electrons. The van der Waals surface area contributed by atoms with Gasteiger partial charge in [0.05, 0.1) is 39.8 Å². The van der Waals surface area contributed by atoms with Crippen molar-refractivity contribution in [2.24, 2.45) is 5.92 Å². The highest BCUT2D eigenvalue weighted by Gasteiger charge is 2.24. The topological polar surface area (TPSA) is 67.8 Å². The van der Waals surface area contributed by atoms with Gasteiger partial charge in [-0.1, -0.05) is 19.1 Å². The molecule has 0 atom stereocenters. The van der Waals surface area contributed by atoms with E-state index in [0.29, 0.717) is 33.8 Å². The Morgan fingerprint density at radius 1 is 1.20 bits per heavy atom. The van der Waals surface area contributed by atoms with Crippen LogP contribution in [-0.2, 0) is 6.54 Å². The molecule has 2 aromatic heterocycles. The average Bonchev–Trinajstić information content (AvgIpc) is 3.15. The first kappa shape index (κ1) is 19.3. The highest BCUT2D eigenvalue weighted by molar-refractivity contribution is 7.21. The summed E-state index contributed by atoms with van der Waals surface area (Å²) in [6.45, 7) is 6.91. The van der Waals surface area contributed by atoms with Gasteiger partial charge in [-0.05, 0) is 49.9 Å². The molecule has 0 unspecified atom stereocenters. The molecule has 4 aromatic rings. The molecular formula is C24H25N2O3S+. The van der Waals surface area contributed by atoms with E-state index in [-0.39, 0.29) is 11.2 Å². The minimum absolute atomic E-state index is 0.0867. The minimum atomic E-state index is -0.0867. The third kappa shape index (κ3) is 3.30. The summed E-state index contributed by atoms with van der Waals surface area (Å²) in [5, 5.41) is 11.8. The van der Waals surface area contributed by atoms with Crippen molar-refractivity contribution >= 4 is 32.5 Å². The lowest BCUT2D eigenvalue weighted by atomic mass is 9.98. The van der Waals surface area contributed by atoms with Crippen LogP contribution in [0.1, 0.15) is 31.1 Å². The fraction of sp³-hybridized carbons (Fsp3) is 0.333. The number of hydrogen-bond acceptors (Lipinski definition) is 5. The largest absolute Gasteiger partial charge is 0.507 e. The summed E-state index contributed by atoms with van der Waals surface area (Å²) in [6, 6.07) is 11.2. The van der Waals surface area contributed by atoms with Crippen molar-refractivity contribution in [2.45, 2.75) is 33.2 Å². The van der Waals surface area contributed by atoms with Crippen LogP contribution in [0.5, 0.6) is 5.75 Å². The number of aromatic nitrogens is 1. The summed E-state index contributed by atoms with van der Waals surface area (Å²) in [4.78, 5) is 19.5. The molecule has 0 bridgehead atoms. The van der Waals surface area contributed by atoms with Crippen molar-refractivity contribution in [2.75, 3.05) is 13.1 Å². The Morgan fingerprint density at radius 3 is 2.73 bits per heavy atom. The normalized spacial score (nSPS) is 19.5. The maximum Gasteiger partial charge on any atom is 0.203 e. The molecule has 30 heavy (non-hydrogen) atoms. The van der Waals surface area contributed by atoms with Gasteiger partial charge in [0.1, 0.15) is 23.1 Å². The lowest BCUT2D eigenvalue weighted by Gasteiger charge is -2.27. The number of hydrogen-bond donors (Lipinski definition) is 2. The Balaban J connectivity index is 1.62. The first-order valence-corrected chi connectivity index (χ1v) is 11.3. The number of aromatic hydroxyl groups is 1. The molecule has 0 aliphatic carbocycles. The molecule has 1 aliphatic heterocycles. The van der Waals surface area contributed by atoms with E-state index in [1.807, 2.05) is 31.2 Å². The number of benzene rings is 2. The number of phenols is 1. The molecule has 0 spiro atoms. The summed E-state index contributed by atoms with van der Waals surface area (Å²) >= 11 is 1.50. The molecule has 1 aliphatic rings. The third-order valence-electron chi connectivity index (χ3n) is 6.23. The molecule has 3 heterocycles. The zero-order valence-corrected chi connectivity index (χ0v) is 18.0. The molecular weight excluding hydrogens is 396 g/mol. The maximum atomic E-state index is 13.4. The lowest BCUT2D eigenvalue weighted by molar-refractivity contribution is -0.919. The molecule has 6 heteroatoms. The van der Waals surface area contributed by atoms with E-state index in [0.717, 1.165) is 34.8 Å². The summed E-state index contributed by atoms with van der Waals surface area (Å²) < 4.78 is 7.23. The minimum Gasteiger partial charge on any atom is -0.507 e. The quantitative estimate of drug-likeness (QED) is 0.527. The summed E-state index contributed by atoms with van der Waals surface area (Å²) in [7, 11) is 0. The number of aryl methyl sites for hydroxylation is 1. The van der Waals surface area contributed by atoms with Gasteiger partial charge in [-0.25, -0.2) is 4.98 Å². The summed E-state index contributed by atoms with van der Waals surface area (Å²) in [5.41, 5.74) is 2.54. The van der Waals surface area contributed by atoms with Gasteiger partial charge < -0.3 is 14.4 Å². The van der Waals surface area contributed by atoms with E-state index < -0.39 is 0 Å². The van der Waals surface area contributed by atoms with Gasteiger partial charge in [0.15, 0.2) is 5.58 Å². The maximum absolute atomic E-state index is 13.4. The zero-order chi connectivity index (χ0) is 20.8. The van der Waals surface area contributed by atoms with Crippen molar-refractivity contribution in [1.82, 2.24) is 4.98 Å². The number of likely N-dealkylation sites (tertiary alicyclic amines) is 1. The molecule has 5 nitrogen and oxygen atoms in total.